The summed E-state index contributed by atoms with van der Waals surface area (Å²) < 4.78 is 10.4. The number of carbonyl (C=O) groups excluding carboxylic acids is 2. The van der Waals surface area contributed by atoms with Crippen LogP contribution in [0.3, 0.4) is 0 Å². The Labute approximate surface area is 120 Å². The highest BCUT2D eigenvalue weighted by Gasteiger charge is 2.15. The second-order valence-corrected chi connectivity index (χ2v) is 5.00. The third kappa shape index (κ3) is 6.36. The minimum atomic E-state index is -0.737. The average Bonchev–Trinajstić information content (AvgIpc) is 2.39. The number of hydrogen-bond donors (Lipinski definition) is 0. The number of hydrogen-bond acceptors (Lipinski definition) is 4. The molecule has 0 aliphatic rings. The van der Waals surface area contributed by atoms with E-state index in [4.69, 9.17) is 9.47 Å². The normalized spacial score (nSPS) is 10.4. The Hall–Kier alpha value is -1.84. The predicted octanol–water partition coefficient (Wildman–Crippen LogP) is 3.06. The van der Waals surface area contributed by atoms with Crippen molar-refractivity contribution in [3.05, 3.63) is 29.8 Å². The van der Waals surface area contributed by atoms with Crippen molar-refractivity contribution >= 4 is 11.8 Å². The molecule has 0 bridgehead atoms. The molecule has 0 unspecified atom stereocenters. The number of aryl methyl sites for hydroxylation is 1. The van der Waals surface area contributed by atoms with Crippen molar-refractivity contribution < 1.29 is 19.1 Å². The minimum Gasteiger partial charge on any atom is -0.494 e. The predicted molar refractivity (Wildman–Crippen MR) is 76.8 cm³/mol. The average molecular weight is 278 g/mol. The van der Waals surface area contributed by atoms with Crippen molar-refractivity contribution in [3.8, 4) is 5.75 Å². The lowest BCUT2D eigenvalue weighted by Crippen LogP contribution is -2.20. The second kappa shape index (κ2) is 8.35. The quantitative estimate of drug-likeness (QED) is 0.416. The first-order valence-corrected chi connectivity index (χ1v) is 6.92. The van der Waals surface area contributed by atoms with Gasteiger partial charge in [-0.25, -0.2) is 4.79 Å². The molecule has 1 aromatic rings. The summed E-state index contributed by atoms with van der Waals surface area (Å²) in [6.45, 7) is 6.00. The SMILES string of the molecule is Cc1ccc(OCCCCC(=O)C(=O)OC(C)C)cc1. The second-order valence-electron chi connectivity index (χ2n) is 5.00. The highest BCUT2D eigenvalue weighted by Crippen LogP contribution is 2.12. The summed E-state index contributed by atoms with van der Waals surface area (Å²) in [5, 5.41) is 0. The van der Waals surface area contributed by atoms with Gasteiger partial charge < -0.3 is 9.47 Å². The third-order valence-corrected chi connectivity index (χ3v) is 2.66. The molecule has 0 N–H and O–H groups in total. The monoisotopic (exact) mass is 278 g/mol. The van der Waals surface area contributed by atoms with Gasteiger partial charge in [0.25, 0.3) is 0 Å². The minimum absolute atomic E-state index is 0.211. The zero-order chi connectivity index (χ0) is 15.0. The molecule has 110 valence electrons. The van der Waals surface area contributed by atoms with E-state index >= 15 is 0 Å². The summed E-state index contributed by atoms with van der Waals surface area (Å²) in [7, 11) is 0. The summed E-state index contributed by atoms with van der Waals surface area (Å²) in [6, 6.07) is 7.81. The van der Waals surface area contributed by atoms with Crippen LogP contribution in [0.4, 0.5) is 0 Å². The number of Topliss-reactive ketones (excluding diaryl/α,β-unsaturated/α-hetero) is 1. The van der Waals surface area contributed by atoms with Crippen LogP contribution in [-0.2, 0) is 14.3 Å². The van der Waals surface area contributed by atoms with E-state index < -0.39 is 11.8 Å². The van der Waals surface area contributed by atoms with Crippen LogP contribution in [-0.4, -0.2) is 24.5 Å². The van der Waals surface area contributed by atoms with Gasteiger partial charge >= 0.3 is 5.97 Å². The molecule has 20 heavy (non-hydrogen) atoms. The van der Waals surface area contributed by atoms with E-state index in [0.29, 0.717) is 13.0 Å². The molecule has 4 nitrogen and oxygen atoms in total. The van der Waals surface area contributed by atoms with Crippen molar-refractivity contribution in [1.82, 2.24) is 0 Å². The van der Waals surface area contributed by atoms with Crippen LogP contribution in [0.15, 0.2) is 24.3 Å². The lowest BCUT2D eigenvalue weighted by Gasteiger charge is -2.07. The zero-order valence-corrected chi connectivity index (χ0v) is 12.3. The van der Waals surface area contributed by atoms with Gasteiger partial charge in [-0.05, 0) is 45.7 Å². The summed E-state index contributed by atoms with van der Waals surface area (Å²) in [6.07, 6.45) is 1.31. The highest BCUT2D eigenvalue weighted by molar-refractivity contribution is 6.33. The van der Waals surface area contributed by atoms with Gasteiger partial charge in [-0.3, -0.25) is 4.79 Å². The summed E-state index contributed by atoms with van der Waals surface area (Å²) in [4.78, 5) is 22.7. The molecule has 0 aromatic heterocycles. The van der Waals surface area contributed by atoms with E-state index in [2.05, 4.69) is 0 Å². The summed E-state index contributed by atoms with van der Waals surface area (Å²) in [5.41, 5.74) is 1.19. The van der Waals surface area contributed by atoms with Crippen LogP contribution in [0.2, 0.25) is 0 Å². The molecular formula is C16H22O4. The molecule has 0 saturated heterocycles. The molecule has 0 spiro atoms. The van der Waals surface area contributed by atoms with Crippen LogP contribution < -0.4 is 4.74 Å². The van der Waals surface area contributed by atoms with Crippen molar-refractivity contribution in [2.45, 2.75) is 46.1 Å². The molecule has 0 amide bonds. The number of ether oxygens (including phenoxy) is 2. The smallest absolute Gasteiger partial charge is 0.374 e. The van der Waals surface area contributed by atoms with Crippen molar-refractivity contribution in [1.29, 1.82) is 0 Å². The van der Waals surface area contributed by atoms with Gasteiger partial charge in [0.15, 0.2) is 0 Å². The molecule has 0 aliphatic carbocycles. The first kappa shape index (κ1) is 16.2. The number of ketones is 1. The molecule has 1 aromatic carbocycles. The molecule has 4 heteroatoms. The van der Waals surface area contributed by atoms with Crippen LogP contribution >= 0.6 is 0 Å². The molecule has 0 aliphatic heterocycles. The number of unbranched alkanes of at least 4 members (excludes halogenated alkanes) is 1. The molecule has 0 atom stereocenters. The van der Waals surface area contributed by atoms with Gasteiger partial charge in [0.1, 0.15) is 5.75 Å². The largest absolute Gasteiger partial charge is 0.494 e. The van der Waals surface area contributed by atoms with Gasteiger partial charge in [-0.15, -0.1) is 0 Å². The van der Waals surface area contributed by atoms with Crippen LogP contribution in [0, 0.1) is 6.92 Å². The zero-order valence-electron chi connectivity index (χ0n) is 12.3. The molecule has 1 rings (SSSR count). The van der Waals surface area contributed by atoms with E-state index in [1.807, 2.05) is 31.2 Å². The maximum atomic E-state index is 11.4. The van der Waals surface area contributed by atoms with Crippen molar-refractivity contribution in [3.63, 3.8) is 0 Å². The fraction of sp³-hybridized carbons (Fsp3) is 0.500. The fourth-order valence-corrected chi connectivity index (χ4v) is 1.59. The Kier molecular flexibility index (Phi) is 6.77. The molecule has 0 heterocycles. The lowest BCUT2D eigenvalue weighted by atomic mass is 10.2. The Morgan fingerprint density at radius 3 is 2.35 bits per heavy atom. The Balaban J connectivity index is 2.14. The molecule has 0 radical (unpaired) electrons. The maximum absolute atomic E-state index is 11.4. The van der Waals surface area contributed by atoms with E-state index in [1.54, 1.807) is 13.8 Å². The standard InChI is InChI=1S/C16H22O4/c1-12(2)20-16(18)15(17)6-4-5-11-19-14-9-7-13(3)8-10-14/h7-10,12H,4-6,11H2,1-3H3. The number of esters is 1. The molecule has 0 saturated carbocycles. The van der Waals surface area contributed by atoms with Crippen LogP contribution in [0.25, 0.3) is 0 Å². The Morgan fingerprint density at radius 1 is 1.10 bits per heavy atom. The van der Waals surface area contributed by atoms with Gasteiger partial charge in [-0.2, -0.15) is 0 Å². The summed E-state index contributed by atoms with van der Waals surface area (Å²) in [5.74, 6) is -0.380. The molecular weight excluding hydrogens is 256 g/mol. The van der Waals surface area contributed by atoms with Gasteiger partial charge in [0, 0.05) is 6.42 Å². The third-order valence-electron chi connectivity index (χ3n) is 2.66. The number of rotatable bonds is 8. The van der Waals surface area contributed by atoms with Gasteiger partial charge in [-0.1, -0.05) is 17.7 Å². The highest BCUT2D eigenvalue weighted by atomic mass is 16.5. The number of carbonyl (C=O) groups is 2. The first-order valence-electron chi connectivity index (χ1n) is 6.92. The van der Waals surface area contributed by atoms with Gasteiger partial charge in [0.05, 0.1) is 12.7 Å². The fourth-order valence-electron chi connectivity index (χ4n) is 1.59. The Bertz CT molecular complexity index is 434. The van der Waals surface area contributed by atoms with Crippen molar-refractivity contribution in [2.75, 3.05) is 6.61 Å². The number of benzene rings is 1. The van der Waals surface area contributed by atoms with E-state index in [-0.39, 0.29) is 12.5 Å². The Morgan fingerprint density at radius 2 is 1.75 bits per heavy atom. The van der Waals surface area contributed by atoms with E-state index in [0.717, 1.165) is 12.2 Å². The molecule has 0 fully saturated rings. The first-order chi connectivity index (χ1) is 9.49. The van der Waals surface area contributed by atoms with E-state index in [1.165, 1.54) is 5.56 Å². The van der Waals surface area contributed by atoms with Crippen LogP contribution in [0.5, 0.6) is 5.75 Å². The lowest BCUT2D eigenvalue weighted by molar-refractivity contribution is -0.156. The van der Waals surface area contributed by atoms with Crippen LogP contribution in [0.1, 0.15) is 38.7 Å². The maximum Gasteiger partial charge on any atom is 0.374 e. The van der Waals surface area contributed by atoms with Crippen molar-refractivity contribution in [2.24, 2.45) is 0 Å². The summed E-state index contributed by atoms with van der Waals surface area (Å²) >= 11 is 0. The topological polar surface area (TPSA) is 52.6 Å². The van der Waals surface area contributed by atoms with Gasteiger partial charge in [0.2, 0.25) is 5.78 Å². The van der Waals surface area contributed by atoms with E-state index in [9.17, 15) is 9.59 Å².